The monoisotopic (exact) mass is 226 g/mol. The Morgan fingerprint density at radius 1 is 1.36 bits per heavy atom. The van der Waals surface area contributed by atoms with Crippen molar-refractivity contribution >= 4 is 0 Å². The molecule has 0 aromatic rings. The van der Waals surface area contributed by atoms with Crippen LogP contribution in [-0.2, 0) is 0 Å². The van der Waals surface area contributed by atoms with Crippen molar-refractivity contribution in [1.29, 1.82) is 0 Å². The van der Waals surface area contributed by atoms with Gasteiger partial charge in [-0.2, -0.15) is 0 Å². The van der Waals surface area contributed by atoms with Crippen molar-refractivity contribution in [2.45, 2.75) is 38.8 Å². The smallest absolute Gasteiger partial charge is 0.654 e. The van der Waals surface area contributed by atoms with Crippen molar-refractivity contribution in [3.8, 4) is 0 Å². The van der Waals surface area contributed by atoms with Crippen molar-refractivity contribution in [3.05, 3.63) is 5.32 Å². The van der Waals surface area contributed by atoms with E-state index < -0.39 is 0 Å². The van der Waals surface area contributed by atoms with Gasteiger partial charge in [-0.25, -0.2) is 0 Å². The van der Waals surface area contributed by atoms with Crippen molar-refractivity contribution in [2.75, 3.05) is 13.1 Å². The zero-order valence-corrected chi connectivity index (χ0v) is 13.1. The summed E-state index contributed by atoms with van der Waals surface area (Å²) in [5, 5.41) is 7.95. The van der Waals surface area contributed by atoms with Gasteiger partial charge in [0.25, 0.3) is 0 Å². The molecule has 1 saturated heterocycles. The number of nitrogens with zero attached hydrogens (tertiary/aromatic N) is 1. The summed E-state index contributed by atoms with van der Waals surface area (Å²) >= 11 is 0. The van der Waals surface area contributed by atoms with Gasteiger partial charge in [-0.1, -0.05) is 27.2 Å². The summed E-state index contributed by atoms with van der Waals surface area (Å²) in [6, 6.07) is 0.569. The third kappa shape index (κ3) is 5.89. The minimum Gasteiger partial charge on any atom is -0.654 e. The summed E-state index contributed by atoms with van der Waals surface area (Å²) in [6.07, 6.45) is 1.22. The largest absolute Gasteiger partial charge is 1.00 e. The molecular weight excluding hydrogens is 210 g/mol. The molecule has 1 N–H and O–H groups in total. The van der Waals surface area contributed by atoms with Gasteiger partial charge in [-0.3, -0.25) is 0 Å². The minimum absolute atomic E-state index is 0. The molecule has 0 radical (unpaired) electrons. The molecule has 1 heterocycles. The molecule has 0 aromatic carbocycles. The van der Waals surface area contributed by atoms with Gasteiger partial charge < -0.3 is 10.6 Å². The quantitative estimate of drug-likeness (QED) is 0.580. The SMILES string of the molecule is CC(C)(C)[N-]C1CCNC1.[Rb+]. The van der Waals surface area contributed by atoms with Crippen LogP contribution in [0.15, 0.2) is 0 Å². The molecule has 1 aliphatic heterocycles. The molecule has 0 saturated carbocycles. The molecule has 1 rings (SSSR count). The second kappa shape index (κ2) is 5.45. The van der Waals surface area contributed by atoms with E-state index in [1.54, 1.807) is 0 Å². The van der Waals surface area contributed by atoms with Crippen LogP contribution in [0.3, 0.4) is 0 Å². The molecule has 1 unspecified atom stereocenters. The van der Waals surface area contributed by atoms with Crippen molar-refractivity contribution in [3.63, 3.8) is 0 Å². The van der Waals surface area contributed by atoms with Crippen LogP contribution >= 0.6 is 0 Å². The van der Waals surface area contributed by atoms with Crippen LogP contribution in [0.2, 0.25) is 0 Å². The fourth-order valence-corrected chi connectivity index (χ4v) is 1.30. The van der Waals surface area contributed by atoms with E-state index in [0.717, 1.165) is 13.1 Å². The van der Waals surface area contributed by atoms with Crippen molar-refractivity contribution in [2.24, 2.45) is 0 Å². The van der Waals surface area contributed by atoms with E-state index in [-0.39, 0.29) is 63.7 Å². The van der Waals surface area contributed by atoms with E-state index >= 15 is 0 Å². The first-order chi connectivity index (χ1) is 4.58. The molecule has 0 aliphatic carbocycles. The average Bonchev–Trinajstić information content (AvgIpc) is 2.12. The average molecular weight is 227 g/mol. The van der Waals surface area contributed by atoms with Gasteiger partial charge in [-0.15, -0.1) is 11.6 Å². The van der Waals surface area contributed by atoms with Crippen LogP contribution in [0, 0.1) is 0 Å². The molecule has 1 aliphatic rings. The zero-order chi connectivity index (χ0) is 7.61. The summed E-state index contributed by atoms with van der Waals surface area (Å²) in [4.78, 5) is 0. The minimum atomic E-state index is 0. The Labute approximate surface area is 119 Å². The standard InChI is InChI=1S/C8H17N2.Rb/c1-8(2,3)10-7-4-5-9-6-7;/h7,9H,4-6H2,1-3H3;/q-1;+1. The number of hydrogen-bond donors (Lipinski definition) is 1. The second-order valence-corrected chi connectivity index (χ2v) is 3.95. The Kier molecular flexibility index (Phi) is 6.31. The van der Waals surface area contributed by atoms with Crippen LogP contribution in [0.4, 0.5) is 0 Å². The van der Waals surface area contributed by atoms with E-state index in [4.69, 9.17) is 0 Å². The van der Waals surface area contributed by atoms with Crippen LogP contribution in [0.25, 0.3) is 5.32 Å². The van der Waals surface area contributed by atoms with E-state index in [1.807, 2.05) is 0 Å². The Morgan fingerprint density at radius 2 is 2.00 bits per heavy atom. The normalized spacial score (nSPS) is 24.8. The van der Waals surface area contributed by atoms with Gasteiger partial charge in [0.15, 0.2) is 0 Å². The number of rotatable bonds is 1. The van der Waals surface area contributed by atoms with Gasteiger partial charge in [0.05, 0.1) is 0 Å². The molecule has 0 amide bonds. The molecular formula is C8H17N2Rb. The maximum atomic E-state index is 4.65. The first-order valence-corrected chi connectivity index (χ1v) is 4.01. The summed E-state index contributed by atoms with van der Waals surface area (Å²) in [5.41, 5.74) is 0.149. The summed E-state index contributed by atoms with van der Waals surface area (Å²) in [7, 11) is 0. The summed E-state index contributed by atoms with van der Waals surface area (Å²) in [5.74, 6) is 0. The fraction of sp³-hybridized carbons (Fsp3) is 1.00. The van der Waals surface area contributed by atoms with Crippen molar-refractivity contribution in [1.82, 2.24) is 5.32 Å². The Bertz CT molecular complexity index is 103. The van der Waals surface area contributed by atoms with Gasteiger partial charge in [0, 0.05) is 0 Å². The zero-order valence-electron chi connectivity index (χ0n) is 8.15. The number of nitrogens with one attached hydrogen (secondary N) is 1. The number of hydrogen-bond acceptors (Lipinski definition) is 1. The van der Waals surface area contributed by atoms with Crippen molar-refractivity contribution < 1.29 is 58.2 Å². The predicted octanol–water partition coefficient (Wildman–Crippen LogP) is -1.48. The summed E-state index contributed by atoms with van der Waals surface area (Å²) in [6.45, 7) is 8.70. The van der Waals surface area contributed by atoms with E-state index in [1.165, 1.54) is 6.42 Å². The van der Waals surface area contributed by atoms with Crippen LogP contribution in [0.5, 0.6) is 0 Å². The molecule has 60 valence electrons. The van der Waals surface area contributed by atoms with Gasteiger partial charge in [-0.05, 0) is 13.1 Å². The van der Waals surface area contributed by atoms with E-state index in [2.05, 4.69) is 31.4 Å². The van der Waals surface area contributed by atoms with E-state index in [9.17, 15) is 0 Å². The molecule has 0 bridgehead atoms. The maximum Gasteiger partial charge on any atom is 1.00 e. The first-order valence-electron chi connectivity index (χ1n) is 4.01. The third-order valence-electron chi connectivity index (χ3n) is 1.60. The molecule has 0 aromatic heterocycles. The maximum absolute atomic E-state index is 4.65. The fourth-order valence-electron chi connectivity index (χ4n) is 1.30. The van der Waals surface area contributed by atoms with Gasteiger partial charge in [0.2, 0.25) is 0 Å². The Hall–Kier alpha value is 1.73. The Morgan fingerprint density at radius 3 is 2.36 bits per heavy atom. The molecule has 2 nitrogen and oxygen atoms in total. The molecule has 1 fully saturated rings. The van der Waals surface area contributed by atoms with Crippen LogP contribution in [-0.4, -0.2) is 24.7 Å². The predicted molar refractivity (Wildman–Crippen MR) is 44.4 cm³/mol. The third-order valence-corrected chi connectivity index (χ3v) is 1.60. The van der Waals surface area contributed by atoms with E-state index in [0.29, 0.717) is 6.04 Å². The molecule has 11 heavy (non-hydrogen) atoms. The van der Waals surface area contributed by atoms with Gasteiger partial charge >= 0.3 is 58.2 Å². The van der Waals surface area contributed by atoms with Gasteiger partial charge in [0.1, 0.15) is 0 Å². The summed E-state index contributed by atoms with van der Waals surface area (Å²) < 4.78 is 0. The molecule has 0 spiro atoms. The van der Waals surface area contributed by atoms with Crippen LogP contribution in [0.1, 0.15) is 27.2 Å². The molecule has 3 heteroatoms. The van der Waals surface area contributed by atoms with Crippen LogP contribution < -0.4 is 63.5 Å². The first kappa shape index (κ1) is 12.7. The molecule has 1 atom stereocenters. The second-order valence-electron chi connectivity index (χ2n) is 3.95. The topological polar surface area (TPSA) is 26.1 Å². The Balaban J connectivity index is 0.000001000.